The average molecular weight is 185 g/mol. The first-order chi connectivity index (χ1) is 5.86. The molecule has 0 N–H and O–H groups in total. The summed E-state index contributed by atoms with van der Waals surface area (Å²) in [5, 5.41) is 0. The maximum Gasteiger partial charge on any atom is 0.0108 e. The fourth-order valence-corrected chi connectivity index (χ4v) is 3.06. The number of hydrogen-bond acceptors (Lipinski definition) is 2. The molecule has 2 rings (SSSR count). The predicted octanol–water partition coefficient (Wildman–Crippen LogP) is 2.22. The average Bonchev–Trinajstić information content (AvgIpc) is 2.90. The fraction of sp³-hybridized carbons (Fsp3) is 1.00. The van der Waals surface area contributed by atoms with Crippen LogP contribution in [0.15, 0.2) is 0 Å². The lowest BCUT2D eigenvalue weighted by Gasteiger charge is -2.30. The van der Waals surface area contributed by atoms with E-state index in [2.05, 4.69) is 23.7 Å². The van der Waals surface area contributed by atoms with Gasteiger partial charge in [-0.05, 0) is 50.2 Å². The van der Waals surface area contributed by atoms with Gasteiger partial charge in [-0.2, -0.15) is 11.8 Å². The molecule has 1 aliphatic heterocycles. The summed E-state index contributed by atoms with van der Waals surface area (Å²) >= 11 is 2.12. The van der Waals surface area contributed by atoms with Crippen LogP contribution >= 0.6 is 11.8 Å². The van der Waals surface area contributed by atoms with Crippen LogP contribution in [0.1, 0.15) is 25.7 Å². The van der Waals surface area contributed by atoms with E-state index in [9.17, 15) is 0 Å². The largest absolute Gasteiger partial charge is 0.303 e. The lowest BCUT2D eigenvalue weighted by molar-refractivity contribution is 0.220. The number of hydrogen-bond donors (Lipinski definition) is 0. The lowest BCUT2D eigenvalue weighted by atomic mass is 10.1. The molecular formula is C10H19NS. The Bertz CT molecular complexity index is 139. The Hall–Kier alpha value is 0.310. The maximum absolute atomic E-state index is 2.61. The van der Waals surface area contributed by atoms with Crippen molar-refractivity contribution in [2.75, 3.05) is 25.1 Å². The summed E-state index contributed by atoms with van der Waals surface area (Å²) in [5.41, 5.74) is 0. The molecule has 1 nitrogen and oxygen atoms in total. The minimum Gasteiger partial charge on any atom is -0.303 e. The van der Waals surface area contributed by atoms with Crippen molar-refractivity contribution in [1.82, 2.24) is 4.90 Å². The number of rotatable bonds is 3. The molecule has 1 saturated heterocycles. The molecule has 1 aliphatic carbocycles. The third kappa shape index (κ3) is 2.40. The molecule has 2 heteroatoms. The van der Waals surface area contributed by atoms with E-state index in [1.807, 2.05) is 0 Å². The zero-order chi connectivity index (χ0) is 8.39. The number of thioether (sulfide) groups is 1. The van der Waals surface area contributed by atoms with E-state index in [1.165, 1.54) is 43.7 Å². The Morgan fingerprint density at radius 1 is 1.17 bits per heavy atom. The van der Waals surface area contributed by atoms with Crippen LogP contribution in [0.3, 0.4) is 0 Å². The Morgan fingerprint density at radius 2 is 1.83 bits per heavy atom. The Balaban J connectivity index is 1.72. The van der Waals surface area contributed by atoms with Gasteiger partial charge in [0.2, 0.25) is 0 Å². The standard InChI is InChI=1S/C10H19NS/c1-11(8-9-2-3-9)10-4-6-12-7-5-10/h9-10H,2-8H2,1H3. The van der Waals surface area contributed by atoms with E-state index in [4.69, 9.17) is 0 Å². The van der Waals surface area contributed by atoms with Gasteiger partial charge in [-0.3, -0.25) is 0 Å². The molecule has 0 unspecified atom stereocenters. The van der Waals surface area contributed by atoms with E-state index in [1.54, 1.807) is 0 Å². The van der Waals surface area contributed by atoms with Gasteiger partial charge in [0.15, 0.2) is 0 Å². The van der Waals surface area contributed by atoms with Gasteiger partial charge in [0, 0.05) is 12.6 Å². The fourth-order valence-electron chi connectivity index (χ4n) is 1.98. The quantitative estimate of drug-likeness (QED) is 0.663. The monoisotopic (exact) mass is 185 g/mol. The highest BCUT2D eigenvalue weighted by Crippen LogP contribution is 2.31. The molecule has 12 heavy (non-hydrogen) atoms. The van der Waals surface area contributed by atoms with Crippen molar-refractivity contribution in [3.63, 3.8) is 0 Å². The first-order valence-corrected chi connectivity index (χ1v) is 6.29. The van der Waals surface area contributed by atoms with Gasteiger partial charge >= 0.3 is 0 Å². The van der Waals surface area contributed by atoms with Crippen molar-refractivity contribution in [3.8, 4) is 0 Å². The molecule has 0 aromatic heterocycles. The molecule has 0 bridgehead atoms. The highest BCUT2D eigenvalue weighted by atomic mass is 32.2. The second-order valence-corrected chi connectivity index (χ2v) is 5.45. The summed E-state index contributed by atoms with van der Waals surface area (Å²) in [6, 6.07) is 0.909. The van der Waals surface area contributed by atoms with E-state index in [0.717, 1.165) is 12.0 Å². The smallest absolute Gasteiger partial charge is 0.0108 e. The summed E-state index contributed by atoms with van der Waals surface area (Å²) in [5.74, 6) is 3.84. The van der Waals surface area contributed by atoms with Gasteiger partial charge in [-0.25, -0.2) is 0 Å². The van der Waals surface area contributed by atoms with E-state index in [-0.39, 0.29) is 0 Å². The van der Waals surface area contributed by atoms with Crippen LogP contribution in [0.2, 0.25) is 0 Å². The Kier molecular flexibility index (Phi) is 2.97. The van der Waals surface area contributed by atoms with Crippen molar-refractivity contribution in [3.05, 3.63) is 0 Å². The van der Waals surface area contributed by atoms with Crippen LogP contribution in [-0.2, 0) is 0 Å². The molecule has 1 saturated carbocycles. The molecule has 0 aromatic rings. The molecule has 0 atom stereocenters. The second kappa shape index (κ2) is 4.01. The first-order valence-electron chi connectivity index (χ1n) is 5.14. The molecule has 2 aliphatic rings. The normalized spacial score (nSPS) is 26.5. The highest BCUT2D eigenvalue weighted by molar-refractivity contribution is 7.99. The third-order valence-electron chi connectivity index (χ3n) is 3.06. The minimum absolute atomic E-state index is 0.909. The van der Waals surface area contributed by atoms with Crippen LogP contribution in [0.4, 0.5) is 0 Å². The maximum atomic E-state index is 2.61. The van der Waals surface area contributed by atoms with E-state index in [0.29, 0.717) is 0 Å². The molecule has 0 spiro atoms. The zero-order valence-corrected chi connectivity index (χ0v) is 8.78. The predicted molar refractivity (Wildman–Crippen MR) is 55.7 cm³/mol. The van der Waals surface area contributed by atoms with Crippen LogP contribution in [0, 0.1) is 5.92 Å². The molecule has 2 fully saturated rings. The minimum atomic E-state index is 0.909. The van der Waals surface area contributed by atoms with Gasteiger partial charge in [-0.15, -0.1) is 0 Å². The van der Waals surface area contributed by atoms with Crippen LogP contribution in [0.5, 0.6) is 0 Å². The summed E-state index contributed by atoms with van der Waals surface area (Å²) in [6.45, 7) is 1.37. The number of nitrogens with zero attached hydrogens (tertiary/aromatic N) is 1. The van der Waals surface area contributed by atoms with Gasteiger partial charge in [0.1, 0.15) is 0 Å². The first kappa shape index (κ1) is 8.89. The molecule has 0 aromatic carbocycles. The SMILES string of the molecule is CN(CC1CC1)C1CCSCC1. The van der Waals surface area contributed by atoms with Crippen molar-refractivity contribution in [2.24, 2.45) is 5.92 Å². The van der Waals surface area contributed by atoms with Crippen molar-refractivity contribution in [1.29, 1.82) is 0 Å². The summed E-state index contributed by atoms with van der Waals surface area (Å²) in [7, 11) is 2.32. The van der Waals surface area contributed by atoms with Crippen molar-refractivity contribution >= 4 is 11.8 Å². The molecular weight excluding hydrogens is 166 g/mol. The van der Waals surface area contributed by atoms with Crippen LogP contribution in [-0.4, -0.2) is 36.0 Å². The van der Waals surface area contributed by atoms with E-state index < -0.39 is 0 Å². The highest BCUT2D eigenvalue weighted by Gasteiger charge is 2.26. The molecule has 70 valence electrons. The molecule has 0 radical (unpaired) electrons. The summed E-state index contributed by atoms with van der Waals surface area (Å²) < 4.78 is 0. The summed E-state index contributed by atoms with van der Waals surface area (Å²) in [6.07, 6.45) is 5.83. The van der Waals surface area contributed by atoms with Crippen LogP contribution in [0.25, 0.3) is 0 Å². The molecule has 1 heterocycles. The van der Waals surface area contributed by atoms with Crippen molar-refractivity contribution in [2.45, 2.75) is 31.7 Å². The van der Waals surface area contributed by atoms with Crippen LogP contribution < -0.4 is 0 Å². The third-order valence-corrected chi connectivity index (χ3v) is 4.11. The zero-order valence-electron chi connectivity index (χ0n) is 7.96. The van der Waals surface area contributed by atoms with E-state index >= 15 is 0 Å². The lowest BCUT2D eigenvalue weighted by Crippen LogP contribution is -2.36. The second-order valence-electron chi connectivity index (χ2n) is 4.23. The van der Waals surface area contributed by atoms with Gasteiger partial charge in [0.25, 0.3) is 0 Å². The topological polar surface area (TPSA) is 3.24 Å². The van der Waals surface area contributed by atoms with Gasteiger partial charge < -0.3 is 4.90 Å². The van der Waals surface area contributed by atoms with Gasteiger partial charge in [0.05, 0.1) is 0 Å². The molecule has 0 amide bonds. The Morgan fingerprint density at radius 3 is 2.42 bits per heavy atom. The van der Waals surface area contributed by atoms with Crippen molar-refractivity contribution < 1.29 is 0 Å². The van der Waals surface area contributed by atoms with Gasteiger partial charge in [-0.1, -0.05) is 0 Å². The Labute approximate surface area is 79.9 Å². The summed E-state index contributed by atoms with van der Waals surface area (Å²) in [4.78, 5) is 2.61.